The lowest BCUT2D eigenvalue weighted by Crippen LogP contribution is -2.52. The van der Waals surface area contributed by atoms with Crippen LogP contribution in [0, 0.1) is 5.82 Å². The van der Waals surface area contributed by atoms with Crippen LogP contribution in [-0.4, -0.2) is 133 Å². The van der Waals surface area contributed by atoms with Crippen LogP contribution in [0.3, 0.4) is 0 Å². The Morgan fingerprint density at radius 1 is 0.912 bits per heavy atom. The molecular weight excluding hydrogens is 739 g/mol. The van der Waals surface area contributed by atoms with Crippen LogP contribution in [0.25, 0.3) is 10.8 Å². The zero-order valence-electron chi connectivity index (χ0n) is 31.5. The van der Waals surface area contributed by atoms with Crippen LogP contribution in [0.5, 0.6) is 0 Å². The summed E-state index contributed by atoms with van der Waals surface area (Å²) < 4.78 is 26.2. The van der Waals surface area contributed by atoms with Gasteiger partial charge in [-0.2, -0.15) is 5.10 Å². The molecule has 3 N–H and O–H groups in total. The first-order chi connectivity index (χ1) is 27.6. The van der Waals surface area contributed by atoms with Crippen LogP contribution >= 0.6 is 0 Å². The van der Waals surface area contributed by atoms with Gasteiger partial charge in [0.25, 0.3) is 11.5 Å². The minimum Gasteiger partial charge on any atom is -0.445 e. The highest BCUT2D eigenvalue weighted by Crippen LogP contribution is 2.23. The molecule has 4 aromatic rings. The van der Waals surface area contributed by atoms with E-state index in [0.29, 0.717) is 92.4 Å². The van der Waals surface area contributed by atoms with E-state index in [2.05, 4.69) is 27.4 Å². The summed E-state index contributed by atoms with van der Waals surface area (Å²) in [4.78, 5) is 81.0. The number of fused-ring (bicyclic) bond motifs is 1. The number of nitrogens with zero attached hydrogens (tertiary/aromatic N) is 5. The van der Waals surface area contributed by atoms with Crippen LogP contribution in [-0.2, 0) is 36.8 Å². The van der Waals surface area contributed by atoms with Crippen LogP contribution in [0.2, 0.25) is 0 Å². The number of aromatic amines is 1. The monoisotopic (exact) mass is 784 g/mol. The maximum absolute atomic E-state index is 14.9. The fourth-order valence-corrected chi connectivity index (χ4v) is 6.69. The molecule has 6 rings (SSSR count). The number of carbonyl (C=O) groups is 5. The Morgan fingerprint density at radius 2 is 1.65 bits per heavy atom. The molecule has 5 amide bonds. The Balaban J connectivity index is 0.827. The third-order valence-corrected chi connectivity index (χ3v) is 9.81. The van der Waals surface area contributed by atoms with Crippen molar-refractivity contribution >= 4 is 46.2 Å². The van der Waals surface area contributed by atoms with Crippen LogP contribution in [0.15, 0.2) is 76.5 Å². The maximum atomic E-state index is 14.9. The van der Waals surface area contributed by atoms with Crippen LogP contribution < -0.4 is 21.1 Å². The molecule has 57 heavy (non-hydrogen) atoms. The highest BCUT2D eigenvalue weighted by molar-refractivity contribution is 5.99. The second kappa shape index (κ2) is 19.1. The van der Waals surface area contributed by atoms with Gasteiger partial charge in [0.05, 0.1) is 36.4 Å². The van der Waals surface area contributed by atoms with E-state index in [-0.39, 0.29) is 74.0 Å². The van der Waals surface area contributed by atoms with Gasteiger partial charge < -0.3 is 34.5 Å². The number of furan rings is 1. The van der Waals surface area contributed by atoms with Crippen molar-refractivity contribution in [3.63, 3.8) is 0 Å². The van der Waals surface area contributed by atoms with Crippen molar-refractivity contribution in [3.05, 3.63) is 106 Å². The van der Waals surface area contributed by atoms with E-state index >= 15 is 0 Å². The number of anilines is 1. The normalized spacial score (nSPS) is 14.6. The minimum absolute atomic E-state index is 0.0504. The van der Waals surface area contributed by atoms with Gasteiger partial charge in [-0.05, 0) is 35.9 Å². The van der Waals surface area contributed by atoms with E-state index < -0.39 is 11.7 Å². The molecule has 17 heteroatoms. The molecule has 2 saturated heterocycles. The van der Waals surface area contributed by atoms with E-state index in [1.54, 1.807) is 41.3 Å². The number of nitrogens with one attached hydrogen (secondary N) is 3. The van der Waals surface area contributed by atoms with Gasteiger partial charge in [0, 0.05) is 83.1 Å². The van der Waals surface area contributed by atoms with Gasteiger partial charge in [0.15, 0.2) is 0 Å². The number of carbonyl (C=O) groups excluding carboxylic acids is 5. The van der Waals surface area contributed by atoms with E-state index in [4.69, 9.17) is 9.15 Å². The largest absolute Gasteiger partial charge is 0.445 e. The number of halogens is 1. The highest BCUT2D eigenvalue weighted by atomic mass is 19.1. The Hall–Kier alpha value is -6.20. The molecule has 16 nitrogen and oxygen atoms in total. The number of hydrogen-bond acceptors (Lipinski definition) is 10. The number of ether oxygens (including phenoxy) is 1. The topological polar surface area (TPSA) is 190 Å². The van der Waals surface area contributed by atoms with E-state index in [1.807, 2.05) is 6.07 Å². The van der Waals surface area contributed by atoms with Crippen molar-refractivity contribution < 1.29 is 37.5 Å². The Labute approximate surface area is 327 Å². The molecule has 2 aliphatic rings. The molecule has 2 aliphatic heterocycles. The number of H-pyrrole nitrogens is 1. The third-order valence-electron chi connectivity index (χ3n) is 9.81. The standard InChI is InChI=1S/C40H45FN8O8/c1-2-35(51)48-19-20-49(37(53)26-48)38-12-9-28(57-38)8-11-34(50)43-14-22-56-21-13-42-25-36(52)46-15-17-47(18-16-46)40(55)31-23-27(7-10-32(31)41)24-33-29-5-3-4-6-30(29)39(54)45-44-33/h2-7,9-10,12,23,42H,1,8,11,13-22,24-26H2,(H,43,50)(H,45,54). The number of aryl methyl sites for hydroxylation is 1. The summed E-state index contributed by atoms with van der Waals surface area (Å²) >= 11 is 0. The van der Waals surface area contributed by atoms with E-state index in [9.17, 15) is 33.2 Å². The Kier molecular flexibility index (Phi) is 13.6. The minimum atomic E-state index is -0.637. The zero-order chi connectivity index (χ0) is 40.3. The summed E-state index contributed by atoms with van der Waals surface area (Å²) in [5, 5.41) is 13.7. The third kappa shape index (κ3) is 10.4. The SMILES string of the molecule is C=CC(=O)N1CCN(c2ccc(CCC(=O)NCCOCCNCC(=O)N3CCN(C(=O)c4cc(Cc5n[nH]c(=O)c6ccccc56)ccc4F)CC3)o2)C(=O)C1. The second-order valence-electron chi connectivity index (χ2n) is 13.6. The van der Waals surface area contributed by atoms with Crippen molar-refractivity contribution in [3.8, 4) is 0 Å². The van der Waals surface area contributed by atoms with Gasteiger partial charge in [0.1, 0.15) is 18.1 Å². The fraction of sp³-hybridized carbons (Fsp3) is 0.375. The van der Waals surface area contributed by atoms with Gasteiger partial charge in [0.2, 0.25) is 29.5 Å². The lowest BCUT2D eigenvalue weighted by atomic mass is 10.0. The highest BCUT2D eigenvalue weighted by Gasteiger charge is 2.29. The Bertz CT molecular complexity index is 2180. The molecule has 2 fully saturated rings. The van der Waals surface area contributed by atoms with Crippen molar-refractivity contribution in [1.82, 2.24) is 35.5 Å². The van der Waals surface area contributed by atoms with Crippen molar-refractivity contribution in [2.45, 2.75) is 19.3 Å². The predicted octanol–water partition coefficient (Wildman–Crippen LogP) is 1.25. The average Bonchev–Trinajstić information content (AvgIpc) is 3.71. The van der Waals surface area contributed by atoms with Crippen LogP contribution in [0.1, 0.15) is 33.8 Å². The molecule has 0 spiro atoms. The molecular formula is C40H45FN8O8. The molecule has 0 unspecified atom stereocenters. The quantitative estimate of drug-likeness (QED) is 0.110. The second-order valence-corrected chi connectivity index (χ2v) is 13.6. The van der Waals surface area contributed by atoms with Gasteiger partial charge in [-0.25, -0.2) is 9.49 Å². The first-order valence-electron chi connectivity index (χ1n) is 18.8. The summed E-state index contributed by atoms with van der Waals surface area (Å²) in [6.07, 6.45) is 2.01. The number of amides is 5. The van der Waals surface area contributed by atoms with Crippen molar-refractivity contribution in [1.29, 1.82) is 0 Å². The molecule has 0 aliphatic carbocycles. The summed E-state index contributed by atoms with van der Waals surface area (Å²) in [6.45, 7) is 6.66. The number of aromatic nitrogens is 2. The lowest BCUT2D eigenvalue weighted by Gasteiger charge is -2.35. The molecule has 0 radical (unpaired) electrons. The summed E-state index contributed by atoms with van der Waals surface area (Å²) in [6, 6.07) is 14.9. The molecule has 0 atom stereocenters. The van der Waals surface area contributed by atoms with Crippen molar-refractivity contribution in [2.75, 3.05) is 83.6 Å². The molecule has 0 saturated carbocycles. The first-order valence-corrected chi connectivity index (χ1v) is 18.8. The zero-order valence-corrected chi connectivity index (χ0v) is 31.5. The van der Waals surface area contributed by atoms with Crippen LogP contribution in [0.4, 0.5) is 10.3 Å². The smallest absolute Gasteiger partial charge is 0.272 e. The van der Waals surface area contributed by atoms with Gasteiger partial charge >= 0.3 is 0 Å². The van der Waals surface area contributed by atoms with Crippen molar-refractivity contribution in [2.24, 2.45) is 0 Å². The number of benzene rings is 2. The first kappa shape index (κ1) is 40.5. The number of piperazine rings is 2. The molecule has 0 bridgehead atoms. The fourth-order valence-electron chi connectivity index (χ4n) is 6.69. The molecule has 2 aromatic heterocycles. The number of hydrogen-bond donors (Lipinski definition) is 3. The lowest BCUT2D eigenvalue weighted by molar-refractivity contribution is -0.133. The maximum Gasteiger partial charge on any atom is 0.272 e. The summed E-state index contributed by atoms with van der Waals surface area (Å²) in [7, 11) is 0. The number of rotatable bonds is 16. The average molecular weight is 785 g/mol. The van der Waals surface area contributed by atoms with Gasteiger partial charge in [-0.15, -0.1) is 0 Å². The molecule has 300 valence electrons. The molecule has 4 heterocycles. The van der Waals surface area contributed by atoms with E-state index in [0.717, 1.165) is 0 Å². The van der Waals surface area contributed by atoms with Gasteiger partial charge in [-0.1, -0.05) is 30.8 Å². The predicted molar refractivity (Wildman–Crippen MR) is 207 cm³/mol. The summed E-state index contributed by atoms with van der Waals surface area (Å²) in [5.74, 6) is -1.00. The Morgan fingerprint density at radius 3 is 2.42 bits per heavy atom. The summed E-state index contributed by atoms with van der Waals surface area (Å²) in [5.41, 5.74) is 0.916. The van der Waals surface area contributed by atoms with E-state index in [1.165, 1.54) is 32.9 Å². The van der Waals surface area contributed by atoms with Gasteiger partial charge in [-0.3, -0.25) is 33.7 Å². The molecule has 2 aromatic carbocycles.